The fraction of sp³-hybridized carbons (Fsp3) is 0.611. The molecule has 2 aliphatic rings. The van der Waals surface area contributed by atoms with Crippen molar-refractivity contribution in [3.05, 3.63) is 29.8 Å². The standard InChI is InChI=1S/C18H25NO2/c19-13-18(11-3-1-2-4-12-18)17(20)14-5-7-15(8-6-14)21-16-9-10-16/h5-8,16H,1-4,9-13,19H2. The molecule has 2 aliphatic carbocycles. The molecule has 3 heteroatoms. The predicted octanol–water partition coefficient (Wildman–Crippen LogP) is 3.71. The first-order chi connectivity index (χ1) is 10.2. The Balaban J connectivity index is 1.75. The quantitative estimate of drug-likeness (QED) is 0.663. The van der Waals surface area contributed by atoms with Gasteiger partial charge in [0.2, 0.25) is 0 Å². The number of hydrogen-bond acceptors (Lipinski definition) is 3. The zero-order chi connectivity index (χ0) is 14.7. The van der Waals surface area contributed by atoms with Gasteiger partial charge in [-0.25, -0.2) is 0 Å². The zero-order valence-electron chi connectivity index (χ0n) is 12.6. The minimum atomic E-state index is -0.338. The maximum atomic E-state index is 12.9. The molecule has 0 saturated heterocycles. The van der Waals surface area contributed by atoms with Crippen LogP contribution in [0.1, 0.15) is 61.7 Å². The molecule has 0 atom stereocenters. The summed E-state index contributed by atoms with van der Waals surface area (Å²) in [6, 6.07) is 7.66. The molecule has 3 rings (SSSR count). The lowest BCUT2D eigenvalue weighted by Crippen LogP contribution is -2.38. The lowest BCUT2D eigenvalue weighted by atomic mass is 9.74. The van der Waals surface area contributed by atoms with Crippen LogP contribution >= 0.6 is 0 Å². The van der Waals surface area contributed by atoms with Gasteiger partial charge in [-0.2, -0.15) is 0 Å². The van der Waals surface area contributed by atoms with Crippen LogP contribution < -0.4 is 10.5 Å². The highest BCUT2D eigenvalue weighted by Gasteiger charge is 2.37. The van der Waals surface area contributed by atoms with E-state index in [0.29, 0.717) is 12.6 Å². The number of carbonyl (C=O) groups is 1. The van der Waals surface area contributed by atoms with E-state index in [1.165, 1.54) is 12.8 Å². The first kappa shape index (κ1) is 14.6. The van der Waals surface area contributed by atoms with Crippen LogP contribution in [0.4, 0.5) is 0 Å². The van der Waals surface area contributed by atoms with Crippen LogP contribution in [0.5, 0.6) is 5.75 Å². The first-order valence-corrected chi connectivity index (χ1v) is 8.25. The van der Waals surface area contributed by atoms with Crippen molar-refractivity contribution < 1.29 is 9.53 Å². The highest BCUT2D eigenvalue weighted by molar-refractivity contribution is 6.00. The van der Waals surface area contributed by atoms with Gasteiger partial charge < -0.3 is 10.5 Å². The summed E-state index contributed by atoms with van der Waals surface area (Å²) in [4.78, 5) is 12.9. The molecule has 3 nitrogen and oxygen atoms in total. The van der Waals surface area contributed by atoms with Gasteiger partial charge in [-0.3, -0.25) is 4.79 Å². The third kappa shape index (κ3) is 3.29. The molecule has 0 spiro atoms. The van der Waals surface area contributed by atoms with E-state index in [4.69, 9.17) is 10.5 Å². The lowest BCUT2D eigenvalue weighted by Gasteiger charge is -2.29. The molecule has 21 heavy (non-hydrogen) atoms. The van der Waals surface area contributed by atoms with Crippen molar-refractivity contribution in [3.63, 3.8) is 0 Å². The molecule has 0 unspecified atom stereocenters. The summed E-state index contributed by atoms with van der Waals surface area (Å²) in [5.74, 6) is 1.10. The maximum absolute atomic E-state index is 12.9. The SMILES string of the molecule is NCC1(C(=O)c2ccc(OC3CC3)cc2)CCCCCC1. The molecule has 1 aromatic rings. The number of benzene rings is 1. The van der Waals surface area contributed by atoms with E-state index in [0.717, 1.165) is 49.8 Å². The Morgan fingerprint density at radius 1 is 1.10 bits per heavy atom. The average molecular weight is 287 g/mol. The molecule has 2 fully saturated rings. The second-order valence-electron chi connectivity index (χ2n) is 6.57. The van der Waals surface area contributed by atoms with E-state index in [1.807, 2.05) is 24.3 Å². The molecular formula is C18H25NO2. The fourth-order valence-electron chi connectivity index (χ4n) is 3.30. The minimum Gasteiger partial charge on any atom is -0.490 e. The molecule has 114 valence electrons. The molecular weight excluding hydrogens is 262 g/mol. The predicted molar refractivity (Wildman–Crippen MR) is 83.6 cm³/mol. The Bertz CT molecular complexity index is 482. The van der Waals surface area contributed by atoms with E-state index in [2.05, 4.69) is 0 Å². The number of ketones is 1. The molecule has 0 heterocycles. The van der Waals surface area contributed by atoms with Crippen molar-refractivity contribution in [1.82, 2.24) is 0 Å². The van der Waals surface area contributed by atoms with Crippen LogP contribution in [0.2, 0.25) is 0 Å². The van der Waals surface area contributed by atoms with Crippen LogP contribution in [0.15, 0.2) is 24.3 Å². The molecule has 2 saturated carbocycles. The monoisotopic (exact) mass is 287 g/mol. The van der Waals surface area contributed by atoms with Gasteiger partial charge in [0.05, 0.1) is 6.10 Å². The van der Waals surface area contributed by atoms with Crippen molar-refractivity contribution in [3.8, 4) is 5.75 Å². The second kappa shape index (κ2) is 6.18. The summed E-state index contributed by atoms with van der Waals surface area (Å²) in [5, 5.41) is 0. The van der Waals surface area contributed by atoms with Gasteiger partial charge in [-0.1, -0.05) is 25.7 Å². The van der Waals surface area contributed by atoms with Crippen molar-refractivity contribution >= 4 is 5.78 Å². The Hall–Kier alpha value is -1.35. The summed E-state index contributed by atoms with van der Waals surface area (Å²) in [7, 11) is 0. The number of hydrogen-bond donors (Lipinski definition) is 1. The Morgan fingerprint density at radius 3 is 2.24 bits per heavy atom. The van der Waals surface area contributed by atoms with Crippen molar-refractivity contribution in [2.45, 2.75) is 57.5 Å². The fourth-order valence-corrected chi connectivity index (χ4v) is 3.30. The topological polar surface area (TPSA) is 52.3 Å². The van der Waals surface area contributed by atoms with Crippen LogP contribution in [-0.4, -0.2) is 18.4 Å². The van der Waals surface area contributed by atoms with Crippen LogP contribution in [-0.2, 0) is 0 Å². The highest BCUT2D eigenvalue weighted by Crippen LogP contribution is 2.37. The normalized spacial score (nSPS) is 21.6. The Kier molecular flexibility index (Phi) is 4.29. The van der Waals surface area contributed by atoms with E-state index in [1.54, 1.807) is 0 Å². The van der Waals surface area contributed by atoms with Crippen LogP contribution in [0.3, 0.4) is 0 Å². The smallest absolute Gasteiger partial charge is 0.170 e. The largest absolute Gasteiger partial charge is 0.490 e. The molecule has 0 radical (unpaired) electrons. The summed E-state index contributed by atoms with van der Waals surface area (Å²) < 4.78 is 5.74. The number of nitrogens with two attached hydrogens (primary N) is 1. The number of ether oxygens (including phenoxy) is 1. The highest BCUT2D eigenvalue weighted by atomic mass is 16.5. The van der Waals surface area contributed by atoms with Crippen LogP contribution in [0.25, 0.3) is 0 Å². The third-order valence-electron chi connectivity index (χ3n) is 4.88. The van der Waals surface area contributed by atoms with E-state index in [9.17, 15) is 4.79 Å². The average Bonchev–Trinajstić information content (AvgIpc) is 3.34. The lowest BCUT2D eigenvalue weighted by molar-refractivity contribution is 0.0774. The van der Waals surface area contributed by atoms with Crippen molar-refractivity contribution in [2.75, 3.05) is 6.54 Å². The first-order valence-electron chi connectivity index (χ1n) is 8.25. The summed E-state index contributed by atoms with van der Waals surface area (Å²) >= 11 is 0. The molecule has 1 aromatic carbocycles. The van der Waals surface area contributed by atoms with Gasteiger partial charge in [0.15, 0.2) is 5.78 Å². The molecule has 0 amide bonds. The molecule has 0 aromatic heterocycles. The van der Waals surface area contributed by atoms with Gasteiger partial charge >= 0.3 is 0 Å². The summed E-state index contributed by atoms with van der Waals surface area (Å²) in [5.41, 5.74) is 6.45. The van der Waals surface area contributed by atoms with Gasteiger partial charge in [-0.05, 0) is 49.9 Å². The van der Waals surface area contributed by atoms with E-state index in [-0.39, 0.29) is 11.2 Å². The molecule has 0 aliphatic heterocycles. The third-order valence-corrected chi connectivity index (χ3v) is 4.88. The molecule has 0 bridgehead atoms. The maximum Gasteiger partial charge on any atom is 0.170 e. The number of carbonyl (C=O) groups excluding carboxylic acids is 1. The van der Waals surface area contributed by atoms with Gasteiger partial charge in [0.1, 0.15) is 5.75 Å². The minimum absolute atomic E-state index is 0.227. The second-order valence-corrected chi connectivity index (χ2v) is 6.57. The Morgan fingerprint density at radius 2 is 1.71 bits per heavy atom. The number of Topliss-reactive ketones (excluding diaryl/α,β-unsaturated/α-hetero) is 1. The van der Waals surface area contributed by atoms with E-state index >= 15 is 0 Å². The van der Waals surface area contributed by atoms with Crippen molar-refractivity contribution in [1.29, 1.82) is 0 Å². The number of rotatable bonds is 5. The van der Waals surface area contributed by atoms with E-state index < -0.39 is 0 Å². The Labute approximate surface area is 126 Å². The zero-order valence-corrected chi connectivity index (χ0v) is 12.6. The van der Waals surface area contributed by atoms with Crippen molar-refractivity contribution in [2.24, 2.45) is 11.1 Å². The van der Waals surface area contributed by atoms with Gasteiger partial charge in [0, 0.05) is 17.5 Å². The summed E-state index contributed by atoms with van der Waals surface area (Å²) in [6.45, 7) is 0.464. The van der Waals surface area contributed by atoms with Crippen LogP contribution in [0, 0.1) is 5.41 Å². The van der Waals surface area contributed by atoms with Gasteiger partial charge in [0.25, 0.3) is 0 Å². The molecule has 2 N–H and O–H groups in total. The summed E-state index contributed by atoms with van der Waals surface area (Å²) in [6.07, 6.45) is 9.24. The van der Waals surface area contributed by atoms with Gasteiger partial charge in [-0.15, -0.1) is 0 Å².